The lowest BCUT2D eigenvalue weighted by atomic mass is 9.74. The third-order valence-corrected chi connectivity index (χ3v) is 6.41. The van der Waals surface area contributed by atoms with E-state index in [0.29, 0.717) is 6.61 Å². The van der Waals surface area contributed by atoms with Crippen molar-refractivity contribution in [3.05, 3.63) is 71.8 Å². The lowest BCUT2D eigenvalue weighted by molar-refractivity contribution is -0.113. The molecule has 0 radical (unpaired) electrons. The van der Waals surface area contributed by atoms with Crippen LogP contribution in [0.5, 0.6) is 0 Å². The molecule has 2 heterocycles. The molecule has 1 atom stereocenters. The Labute approximate surface area is 174 Å². The van der Waals surface area contributed by atoms with Crippen LogP contribution in [0.1, 0.15) is 42.6 Å². The lowest BCUT2D eigenvalue weighted by Crippen LogP contribution is -2.65. The van der Waals surface area contributed by atoms with Crippen LogP contribution >= 0.6 is 0 Å². The van der Waals surface area contributed by atoms with Crippen LogP contribution in [0.2, 0.25) is 0 Å². The predicted octanol–water partition coefficient (Wildman–Crippen LogP) is 4.01. The van der Waals surface area contributed by atoms with E-state index in [0.717, 1.165) is 51.1 Å². The Morgan fingerprint density at radius 1 is 0.931 bits per heavy atom. The first-order chi connectivity index (χ1) is 14.0. The number of rotatable bonds is 5. The maximum Gasteiger partial charge on any atom is 0.183 e. The van der Waals surface area contributed by atoms with E-state index in [-0.39, 0.29) is 11.4 Å². The third kappa shape index (κ3) is 4.45. The van der Waals surface area contributed by atoms with Gasteiger partial charge in [0.2, 0.25) is 0 Å². The summed E-state index contributed by atoms with van der Waals surface area (Å²) in [5.74, 6) is 0.256. The molecule has 2 aliphatic rings. The summed E-state index contributed by atoms with van der Waals surface area (Å²) in [5.41, 5.74) is 1.41. The van der Waals surface area contributed by atoms with Crippen LogP contribution in [0.15, 0.2) is 60.7 Å². The van der Waals surface area contributed by atoms with E-state index in [1.165, 1.54) is 5.56 Å². The number of piperazine rings is 1. The highest BCUT2D eigenvalue weighted by Gasteiger charge is 2.50. The number of hydrogen-bond donors (Lipinski definition) is 0. The molecule has 0 spiro atoms. The third-order valence-electron chi connectivity index (χ3n) is 6.41. The van der Waals surface area contributed by atoms with Crippen molar-refractivity contribution in [1.82, 2.24) is 9.80 Å². The van der Waals surface area contributed by atoms with Crippen molar-refractivity contribution in [2.45, 2.75) is 44.4 Å². The predicted molar refractivity (Wildman–Crippen MR) is 116 cm³/mol. The molecule has 4 heteroatoms. The monoisotopic (exact) mass is 392 g/mol. The minimum atomic E-state index is -0.470. The quantitative estimate of drug-likeness (QED) is 0.720. The van der Waals surface area contributed by atoms with Crippen molar-refractivity contribution >= 4 is 5.78 Å². The minimum Gasteiger partial charge on any atom is -0.375 e. The Morgan fingerprint density at radius 3 is 2.17 bits per heavy atom. The topological polar surface area (TPSA) is 32.8 Å². The summed E-state index contributed by atoms with van der Waals surface area (Å²) in [7, 11) is 0. The molecule has 2 aromatic carbocycles. The highest BCUT2D eigenvalue weighted by atomic mass is 16.5. The number of benzene rings is 2. The summed E-state index contributed by atoms with van der Waals surface area (Å²) in [6.07, 6.45) is 1.51. The van der Waals surface area contributed by atoms with Gasteiger partial charge in [0.25, 0.3) is 0 Å². The molecule has 0 amide bonds. The van der Waals surface area contributed by atoms with Crippen LogP contribution in [-0.2, 0) is 11.3 Å². The molecule has 0 aromatic heterocycles. The summed E-state index contributed by atoms with van der Waals surface area (Å²) in [6.45, 7) is 9.65. The van der Waals surface area contributed by atoms with Crippen molar-refractivity contribution in [3.63, 3.8) is 0 Å². The molecule has 2 fully saturated rings. The van der Waals surface area contributed by atoms with Crippen molar-refractivity contribution < 1.29 is 9.53 Å². The molecule has 0 aliphatic carbocycles. The lowest BCUT2D eigenvalue weighted by Gasteiger charge is -2.52. The minimum absolute atomic E-state index is 0.256. The van der Waals surface area contributed by atoms with Gasteiger partial charge in [0.15, 0.2) is 5.78 Å². The van der Waals surface area contributed by atoms with Gasteiger partial charge in [0.05, 0.1) is 11.1 Å². The molecule has 2 saturated heterocycles. The van der Waals surface area contributed by atoms with E-state index < -0.39 is 5.54 Å². The molecule has 4 nitrogen and oxygen atoms in total. The SMILES string of the molecule is CC1(C)CC(C(=O)c2ccccc2)(N2CCN(Cc3ccccc3)CC2)CCO1. The van der Waals surface area contributed by atoms with Gasteiger partial charge in [-0.2, -0.15) is 0 Å². The summed E-state index contributed by atoms with van der Waals surface area (Å²) in [6, 6.07) is 20.4. The molecule has 1 unspecified atom stereocenters. The second kappa shape index (κ2) is 8.39. The van der Waals surface area contributed by atoms with Crippen LogP contribution in [0.25, 0.3) is 0 Å². The Balaban J connectivity index is 1.52. The number of nitrogens with zero attached hydrogens (tertiary/aromatic N) is 2. The zero-order chi connectivity index (χ0) is 20.3. The van der Waals surface area contributed by atoms with Gasteiger partial charge >= 0.3 is 0 Å². The molecule has 2 aliphatic heterocycles. The highest BCUT2D eigenvalue weighted by molar-refractivity contribution is 6.03. The van der Waals surface area contributed by atoms with Gasteiger partial charge in [0.1, 0.15) is 0 Å². The average molecular weight is 393 g/mol. The van der Waals surface area contributed by atoms with Gasteiger partial charge in [-0.05, 0) is 25.8 Å². The second-order valence-electron chi connectivity index (χ2n) is 9.01. The van der Waals surface area contributed by atoms with Gasteiger partial charge in [-0.1, -0.05) is 60.7 Å². The van der Waals surface area contributed by atoms with Crippen LogP contribution in [0.4, 0.5) is 0 Å². The van der Waals surface area contributed by atoms with Gasteiger partial charge in [0, 0.05) is 51.3 Å². The molecule has 29 heavy (non-hydrogen) atoms. The van der Waals surface area contributed by atoms with E-state index in [1.807, 2.05) is 30.3 Å². The Morgan fingerprint density at radius 2 is 1.55 bits per heavy atom. The molecular formula is C25H32N2O2. The van der Waals surface area contributed by atoms with Gasteiger partial charge in [-0.3, -0.25) is 14.6 Å². The number of carbonyl (C=O) groups is 1. The molecule has 2 aromatic rings. The van der Waals surface area contributed by atoms with E-state index in [9.17, 15) is 4.79 Å². The Hall–Kier alpha value is -2.01. The summed E-state index contributed by atoms with van der Waals surface area (Å²) < 4.78 is 6.01. The normalized spacial score (nSPS) is 25.6. The van der Waals surface area contributed by atoms with Crippen molar-refractivity contribution in [3.8, 4) is 0 Å². The van der Waals surface area contributed by atoms with Crippen molar-refractivity contribution in [2.24, 2.45) is 0 Å². The van der Waals surface area contributed by atoms with Gasteiger partial charge in [-0.15, -0.1) is 0 Å². The first kappa shape index (κ1) is 20.3. The number of carbonyl (C=O) groups excluding carboxylic acids is 1. The standard InChI is InChI=1S/C25H32N2O2/c1-24(2)20-25(13-18-29-24,23(28)22-11-7-4-8-12-22)27-16-14-26(15-17-27)19-21-9-5-3-6-10-21/h3-12H,13-20H2,1-2H3. The van der Waals surface area contributed by atoms with E-state index >= 15 is 0 Å². The molecule has 0 bridgehead atoms. The Bertz CT molecular complexity index is 813. The number of Topliss-reactive ketones (excluding diaryl/α,β-unsaturated/α-hetero) is 1. The van der Waals surface area contributed by atoms with E-state index in [1.54, 1.807) is 0 Å². The van der Waals surface area contributed by atoms with Gasteiger partial charge in [-0.25, -0.2) is 0 Å². The van der Waals surface area contributed by atoms with Crippen LogP contribution < -0.4 is 0 Å². The largest absolute Gasteiger partial charge is 0.375 e. The highest BCUT2D eigenvalue weighted by Crippen LogP contribution is 2.39. The maximum atomic E-state index is 13.8. The summed E-state index contributed by atoms with van der Waals surface area (Å²) >= 11 is 0. The second-order valence-corrected chi connectivity index (χ2v) is 9.01. The fourth-order valence-electron chi connectivity index (χ4n) is 4.98. The number of hydrogen-bond acceptors (Lipinski definition) is 4. The Kier molecular flexibility index (Phi) is 5.86. The molecule has 4 rings (SSSR count). The van der Waals surface area contributed by atoms with Crippen LogP contribution in [0.3, 0.4) is 0 Å². The van der Waals surface area contributed by atoms with E-state index in [4.69, 9.17) is 4.74 Å². The fraction of sp³-hybridized carbons (Fsp3) is 0.480. The molecular weight excluding hydrogens is 360 g/mol. The number of ether oxygens (including phenoxy) is 1. The molecule has 0 saturated carbocycles. The summed E-state index contributed by atoms with van der Waals surface area (Å²) in [4.78, 5) is 18.7. The van der Waals surface area contributed by atoms with Crippen LogP contribution in [-0.4, -0.2) is 59.5 Å². The maximum absolute atomic E-state index is 13.8. The number of ketones is 1. The first-order valence-electron chi connectivity index (χ1n) is 10.7. The summed E-state index contributed by atoms with van der Waals surface area (Å²) in [5, 5.41) is 0. The molecule has 0 N–H and O–H groups in total. The average Bonchev–Trinajstić information content (AvgIpc) is 2.74. The first-order valence-corrected chi connectivity index (χ1v) is 10.7. The van der Waals surface area contributed by atoms with Crippen molar-refractivity contribution in [1.29, 1.82) is 0 Å². The molecule has 154 valence electrons. The smallest absolute Gasteiger partial charge is 0.183 e. The zero-order valence-corrected chi connectivity index (χ0v) is 17.6. The van der Waals surface area contributed by atoms with Crippen molar-refractivity contribution in [2.75, 3.05) is 32.8 Å². The van der Waals surface area contributed by atoms with Crippen LogP contribution in [0, 0.1) is 0 Å². The fourth-order valence-corrected chi connectivity index (χ4v) is 4.98. The van der Waals surface area contributed by atoms with E-state index in [2.05, 4.69) is 54.0 Å². The van der Waals surface area contributed by atoms with Gasteiger partial charge < -0.3 is 4.74 Å². The zero-order valence-electron chi connectivity index (χ0n) is 17.6.